The second-order valence-corrected chi connectivity index (χ2v) is 6.08. The molecule has 0 radical (unpaired) electrons. The molecule has 2 aromatic carbocycles. The summed E-state index contributed by atoms with van der Waals surface area (Å²) in [5.41, 5.74) is 4.21. The average molecular weight is 301 g/mol. The van der Waals surface area contributed by atoms with Gasteiger partial charge in [0.2, 0.25) is 0 Å². The van der Waals surface area contributed by atoms with Crippen molar-refractivity contribution in [2.45, 2.75) is 25.7 Å². The van der Waals surface area contributed by atoms with E-state index in [4.69, 9.17) is 0 Å². The molecule has 0 saturated carbocycles. The molecule has 0 atom stereocenters. The van der Waals surface area contributed by atoms with Crippen molar-refractivity contribution in [3.63, 3.8) is 0 Å². The van der Waals surface area contributed by atoms with Crippen LogP contribution in [0, 0.1) is 0 Å². The first-order valence-electron chi connectivity index (χ1n) is 8.24. The van der Waals surface area contributed by atoms with Crippen LogP contribution in [-0.2, 0) is 0 Å². The molecule has 0 unspecified atom stereocenters. The number of hydrogen-bond donors (Lipinski definition) is 0. The Morgan fingerprint density at radius 2 is 1.70 bits per heavy atom. The summed E-state index contributed by atoms with van der Waals surface area (Å²) < 4.78 is 1.83. The summed E-state index contributed by atoms with van der Waals surface area (Å²) in [6.07, 6.45) is 8.33. The smallest absolute Gasteiger partial charge is 0.257 e. The Kier molecular flexibility index (Phi) is 3.58. The number of hydrogen-bond acceptors (Lipinski definition) is 1. The van der Waals surface area contributed by atoms with Crippen LogP contribution in [0.25, 0.3) is 22.0 Å². The Morgan fingerprint density at radius 3 is 2.48 bits per heavy atom. The summed E-state index contributed by atoms with van der Waals surface area (Å²) in [5, 5.41) is 1.13. The highest BCUT2D eigenvalue weighted by atomic mass is 16.2. The van der Waals surface area contributed by atoms with E-state index in [1.807, 2.05) is 47.2 Å². The molecule has 0 amide bonds. The fourth-order valence-electron chi connectivity index (χ4n) is 3.38. The van der Waals surface area contributed by atoms with Crippen molar-refractivity contribution in [1.82, 2.24) is 4.57 Å². The predicted molar refractivity (Wildman–Crippen MR) is 94.6 cm³/mol. The highest BCUT2D eigenvalue weighted by molar-refractivity contribution is 6.06. The lowest BCUT2D eigenvalue weighted by Gasteiger charge is -2.12. The first-order chi connectivity index (χ1) is 11.3. The minimum atomic E-state index is 0.128. The van der Waals surface area contributed by atoms with E-state index < -0.39 is 0 Å². The molecule has 4 rings (SSSR count). The van der Waals surface area contributed by atoms with Gasteiger partial charge in [-0.1, -0.05) is 54.6 Å². The number of carbonyl (C=O) groups is 1. The molecule has 114 valence electrons. The second kappa shape index (κ2) is 5.88. The van der Waals surface area contributed by atoms with E-state index in [9.17, 15) is 4.79 Å². The summed E-state index contributed by atoms with van der Waals surface area (Å²) in [6, 6.07) is 18.4. The maximum absolute atomic E-state index is 13.0. The van der Waals surface area contributed by atoms with Crippen LogP contribution in [0.1, 0.15) is 30.5 Å². The Bertz CT molecular complexity index is 887. The molecule has 0 bridgehead atoms. The van der Waals surface area contributed by atoms with Gasteiger partial charge in [-0.3, -0.25) is 9.36 Å². The summed E-state index contributed by atoms with van der Waals surface area (Å²) in [5.74, 6) is 0.128. The van der Waals surface area contributed by atoms with Crippen LogP contribution in [0.5, 0.6) is 0 Å². The van der Waals surface area contributed by atoms with Gasteiger partial charge in [0.25, 0.3) is 5.91 Å². The largest absolute Gasteiger partial charge is 0.283 e. The van der Waals surface area contributed by atoms with Crippen molar-refractivity contribution in [2.24, 2.45) is 0 Å². The van der Waals surface area contributed by atoms with Crippen LogP contribution < -0.4 is 0 Å². The fraction of sp³-hybridized carbons (Fsp3) is 0.190. The van der Waals surface area contributed by atoms with Crippen LogP contribution in [0.3, 0.4) is 0 Å². The lowest BCUT2D eigenvalue weighted by atomic mass is 9.99. The predicted octanol–water partition coefficient (Wildman–Crippen LogP) is 5.45. The number of aromatic nitrogens is 1. The molecule has 1 aliphatic carbocycles. The Labute approximate surface area is 136 Å². The minimum absolute atomic E-state index is 0.128. The van der Waals surface area contributed by atoms with E-state index in [-0.39, 0.29) is 5.91 Å². The summed E-state index contributed by atoms with van der Waals surface area (Å²) in [7, 11) is 0. The van der Waals surface area contributed by atoms with Gasteiger partial charge >= 0.3 is 0 Å². The third-order valence-corrected chi connectivity index (χ3v) is 4.58. The summed E-state index contributed by atoms with van der Waals surface area (Å²) in [4.78, 5) is 13.0. The molecule has 3 aromatic rings. The maximum Gasteiger partial charge on any atom is 0.257 e. The van der Waals surface area contributed by atoms with E-state index in [0.29, 0.717) is 0 Å². The van der Waals surface area contributed by atoms with E-state index in [1.54, 1.807) is 0 Å². The van der Waals surface area contributed by atoms with E-state index in [0.717, 1.165) is 46.9 Å². The zero-order valence-corrected chi connectivity index (χ0v) is 13.0. The number of carbonyl (C=O) groups excluding carboxylic acids is 1. The van der Waals surface area contributed by atoms with E-state index in [1.165, 1.54) is 6.42 Å². The topological polar surface area (TPSA) is 22.0 Å². The van der Waals surface area contributed by atoms with Gasteiger partial charge in [0.05, 0.1) is 5.52 Å². The van der Waals surface area contributed by atoms with Crippen molar-refractivity contribution in [3.8, 4) is 11.1 Å². The third-order valence-electron chi connectivity index (χ3n) is 4.58. The molecule has 0 spiro atoms. The standard InChI is InChI=1S/C21H19NO/c23-21(17-11-5-2-6-12-17)22-15-19(16-9-3-1-4-10-16)18-13-7-8-14-20(18)22/h1,3-4,7-11,13-15H,2,5-6,12H2. The van der Waals surface area contributed by atoms with Gasteiger partial charge in [0.1, 0.15) is 0 Å². The van der Waals surface area contributed by atoms with Crippen LogP contribution in [0.2, 0.25) is 0 Å². The number of rotatable bonds is 2. The quantitative estimate of drug-likeness (QED) is 0.617. The van der Waals surface area contributed by atoms with Crippen molar-refractivity contribution in [3.05, 3.63) is 72.4 Å². The van der Waals surface area contributed by atoms with Crippen molar-refractivity contribution >= 4 is 16.8 Å². The van der Waals surface area contributed by atoms with Gasteiger partial charge in [-0.15, -0.1) is 0 Å². The summed E-state index contributed by atoms with van der Waals surface area (Å²) >= 11 is 0. The van der Waals surface area contributed by atoms with Gasteiger partial charge in [-0.05, 0) is 37.3 Å². The fourth-order valence-corrected chi connectivity index (χ4v) is 3.38. The highest BCUT2D eigenvalue weighted by Crippen LogP contribution is 2.31. The number of nitrogens with zero attached hydrogens (tertiary/aromatic N) is 1. The van der Waals surface area contributed by atoms with Crippen LogP contribution in [0.4, 0.5) is 0 Å². The number of fused-ring (bicyclic) bond motifs is 1. The van der Waals surface area contributed by atoms with Crippen molar-refractivity contribution < 1.29 is 4.79 Å². The summed E-state index contributed by atoms with van der Waals surface area (Å²) in [6.45, 7) is 0. The first-order valence-corrected chi connectivity index (χ1v) is 8.24. The second-order valence-electron chi connectivity index (χ2n) is 6.08. The molecule has 1 aromatic heterocycles. The molecule has 0 saturated heterocycles. The molecule has 0 aliphatic heterocycles. The molecular weight excluding hydrogens is 282 g/mol. The van der Waals surface area contributed by atoms with Crippen molar-refractivity contribution in [1.29, 1.82) is 0 Å². The Hall–Kier alpha value is -2.61. The zero-order valence-electron chi connectivity index (χ0n) is 13.0. The van der Waals surface area contributed by atoms with Crippen LogP contribution in [-0.4, -0.2) is 10.5 Å². The van der Waals surface area contributed by atoms with Crippen LogP contribution in [0.15, 0.2) is 72.4 Å². The number of para-hydroxylation sites is 1. The lowest BCUT2D eigenvalue weighted by Crippen LogP contribution is -2.13. The maximum atomic E-state index is 13.0. The molecule has 2 nitrogen and oxygen atoms in total. The Morgan fingerprint density at radius 1 is 0.913 bits per heavy atom. The minimum Gasteiger partial charge on any atom is -0.283 e. The molecule has 2 heteroatoms. The normalized spacial score (nSPS) is 14.7. The average Bonchev–Trinajstić information content (AvgIpc) is 3.02. The first kappa shape index (κ1) is 14.0. The van der Waals surface area contributed by atoms with Gasteiger partial charge in [0.15, 0.2) is 0 Å². The van der Waals surface area contributed by atoms with Gasteiger partial charge in [0, 0.05) is 22.7 Å². The number of benzene rings is 2. The molecule has 1 heterocycles. The Balaban J connectivity index is 1.88. The SMILES string of the molecule is O=C(C1=CCCCC1)n1cc(-c2ccccc2)c2ccccc21. The van der Waals surface area contributed by atoms with E-state index in [2.05, 4.69) is 24.3 Å². The molecule has 1 aliphatic rings. The zero-order chi connectivity index (χ0) is 15.6. The number of allylic oxidation sites excluding steroid dienone is 2. The van der Waals surface area contributed by atoms with Crippen molar-refractivity contribution in [2.75, 3.05) is 0 Å². The third kappa shape index (κ3) is 2.50. The lowest BCUT2D eigenvalue weighted by molar-refractivity contribution is 0.0954. The molecule has 0 fully saturated rings. The van der Waals surface area contributed by atoms with Gasteiger partial charge in [-0.25, -0.2) is 0 Å². The monoisotopic (exact) mass is 301 g/mol. The molecule has 23 heavy (non-hydrogen) atoms. The highest BCUT2D eigenvalue weighted by Gasteiger charge is 2.18. The van der Waals surface area contributed by atoms with Gasteiger partial charge in [-0.2, -0.15) is 0 Å². The van der Waals surface area contributed by atoms with Gasteiger partial charge < -0.3 is 0 Å². The van der Waals surface area contributed by atoms with Crippen LogP contribution >= 0.6 is 0 Å². The molecule has 0 N–H and O–H groups in total. The van der Waals surface area contributed by atoms with E-state index >= 15 is 0 Å². The molecular formula is C21H19NO.